The second-order valence-electron chi connectivity index (χ2n) is 32.8. The summed E-state index contributed by atoms with van der Waals surface area (Å²) < 4.78 is 67.6. The number of allylic oxidation sites excluding steroid dienone is 27. The number of benzene rings is 6. The number of hydrogen-bond acceptors (Lipinski definition) is 8. The van der Waals surface area contributed by atoms with E-state index in [0.717, 1.165) is 181 Å². The quantitative estimate of drug-likeness (QED) is 0.0275. The van der Waals surface area contributed by atoms with E-state index in [1.165, 1.54) is 123 Å². The maximum atomic E-state index is 14.0. The van der Waals surface area contributed by atoms with Crippen LogP contribution in [0.15, 0.2) is 283 Å². The number of fused-ring (bicyclic) bond motifs is 2. The first-order valence-electron chi connectivity index (χ1n) is 43.3. The average molecular weight is 1720 g/mol. The molecule has 0 amide bonds. The normalized spacial score (nSPS) is 13.4. The predicted molar refractivity (Wildman–Crippen MR) is 522 cm³/mol. The molecule has 11 heteroatoms. The Balaban J connectivity index is 0.000000507. The Kier molecular flexibility index (Phi) is 53.8. The van der Waals surface area contributed by atoms with E-state index in [1.54, 1.807) is 52.7 Å². The molecule has 1 unspecified atom stereocenters. The predicted octanol–water partition coefficient (Wildman–Crippen LogP) is 31.8. The molecule has 1 atom stereocenters. The van der Waals surface area contributed by atoms with Gasteiger partial charge in [0.15, 0.2) is 9.84 Å². The molecular weight excluding hydrogens is 1570 g/mol. The Morgan fingerprint density at radius 2 is 0.681 bits per heavy atom. The van der Waals surface area contributed by atoms with Crippen LogP contribution in [0.2, 0.25) is 0 Å². The maximum Gasteiger partial charge on any atom is 0.335 e. The van der Waals surface area contributed by atoms with Crippen LogP contribution in [0.25, 0.3) is 21.5 Å². The minimum Gasteiger partial charge on any atom is -0.496 e. The van der Waals surface area contributed by atoms with Gasteiger partial charge in [-0.15, -0.1) is 0 Å². The molecule has 0 aliphatic rings. The van der Waals surface area contributed by atoms with Crippen molar-refractivity contribution in [3.05, 3.63) is 301 Å². The van der Waals surface area contributed by atoms with E-state index in [4.69, 9.17) is 27.4 Å². The van der Waals surface area contributed by atoms with E-state index in [-0.39, 0.29) is 0 Å². The zero-order valence-electron chi connectivity index (χ0n) is 77.0. The van der Waals surface area contributed by atoms with Gasteiger partial charge in [0.05, 0.1) is 38.6 Å². The van der Waals surface area contributed by atoms with Crippen molar-refractivity contribution >= 4 is 58.9 Å². The SMILES string of the molecule is CC(C)=CCC/C(C)=C/CC/C(C)=C/CC/C(C)=C/CC/C(C)=C/Cc1ccccc1.COc1c(C)c(C/C=C(\C)CC/C=C(\C)CBr)c(OC)c2ccccc12.COc1cc(CC/C=C(\C)CC/C=C(\C)CC(/C=C(\C)CC/C=C(\C)CC/C=C(\C)CC/C=C(\C)CCC=C(C)C)S(=O)(=O)c2ccccc2)c(OC)c2ccccc12.O=S=O. The number of ether oxygens (including phenoxy) is 4. The highest BCUT2D eigenvalue weighted by Gasteiger charge is 2.26. The average Bonchev–Trinajstić information content (AvgIpc) is 0.776. The molecule has 0 saturated heterocycles. The zero-order valence-corrected chi connectivity index (χ0v) is 80.2. The van der Waals surface area contributed by atoms with Gasteiger partial charge >= 0.3 is 11.6 Å². The third-order valence-corrected chi connectivity index (χ3v) is 24.5. The van der Waals surface area contributed by atoms with Crippen LogP contribution in [0.3, 0.4) is 0 Å². The summed E-state index contributed by atoms with van der Waals surface area (Å²) in [4.78, 5) is 0.381. The highest BCUT2D eigenvalue weighted by atomic mass is 79.9. The first kappa shape index (κ1) is 105. The lowest BCUT2D eigenvalue weighted by molar-refractivity contribution is 0.404. The van der Waals surface area contributed by atoms with Gasteiger partial charge in [0.25, 0.3) is 0 Å². The Bertz CT molecular complexity index is 4660. The molecule has 0 aliphatic carbocycles. The van der Waals surface area contributed by atoms with Crippen molar-refractivity contribution < 1.29 is 35.8 Å². The molecule has 648 valence electrons. The highest BCUT2D eigenvalue weighted by Crippen LogP contribution is 2.42. The van der Waals surface area contributed by atoms with Gasteiger partial charge in [0.2, 0.25) is 0 Å². The Morgan fingerprint density at radius 1 is 0.361 bits per heavy atom. The van der Waals surface area contributed by atoms with E-state index in [1.807, 2.05) is 36.4 Å². The fraction of sp³-hybridized carbons (Fsp3) is 0.444. The molecule has 8 nitrogen and oxygen atoms in total. The van der Waals surface area contributed by atoms with Gasteiger partial charge in [0.1, 0.15) is 23.0 Å². The second kappa shape index (κ2) is 61.0. The number of alkyl halides is 1. The fourth-order valence-corrected chi connectivity index (χ4v) is 16.3. The van der Waals surface area contributed by atoms with Crippen LogP contribution in [-0.4, -0.2) is 55.9 Å². The van der Waals surface area contributed by atoms with Gasteiger partial charge in [-0.25, -0.2) is 8.42 Å². The Labute approximate surface area is 735 Å². The van der Waals surface area contributed by atoms with E-state index >= 15 is 0 Å². The van der Waals surface area contributed by atoms with Crippen LogP contribution >= 0.6 is 15.9 Å². The van der Waals surface area contributed by atoms with Crippen molar-refractivity contribution in [1.82, 2.24) is 0 Å². The van der Waals surface area contributed by atoms with Gasteiger partial charge in [0, 0.05) is 32.4 Å². The molecule has 0 aromatic heterocycles. The molecule has 0 aliphatic heterocycles. The molecule has 0 fully saturated rings. The van der Waals surface area contributed by atoms with Crippen molar-refractivity contribution in [2.75, 3.05) is 33.8 Å². The largest absolute Gasteiger partial charge is 0.496 e. The lowest BCUT2D eigenvalue weighted by atomic mass is 9.95. The minimum absolute atomic E-state index is 0.381. The number of sulfone groups is 1. The summed E-state index contributed by atoms with van der Waals surface area (Å²) in [5.74, 6) is 3.67. The number of halogens is 1. The van der Waals surface area contributed by atoms with Gasteiger partial charge in [-0.3, -0.25) is 0 Å². The Morgan fingerprint density at radius 3 is 1.07 bits per heavy atom. The van der Waals surface area contributed by atoms with Gasteiger partial charge in [-0.05, 0) is 313 Å². The Hall–Kier alpha value is -8.35. The molecule has 0 saturated carbocycles. The monoisotopic (exact) mass is 1720 g/mol. The number of rotatable bonds is 47. The first-order valence-corrected chi connectivity index (χ1v) is 46.6. The fourth-order valence-electron chi connectivity index (χ4n) is 14.3. The molecular formula is C108H149BrO8S2. The van der Waals surface area contributed by atoms with Crippen LogP contribution < -0.4 is 18.9 Å². The minimum atomic E-state index is -3.55. The molecule has 0 heterocycles. The smallest absolute Gasteiger partial charge is 0.335 e. The molecule has 6 aromatic rings. The molecule has 6 rings (SSSR count). The summed E-state index contributed by atoms with van der Waals surface area (Å²) in [5, 5.41) is 4.66. The summed E-state index contributed by atoms with van der Waals surface area (Å²) in [7, 11) is 3.39. The number of aryl methyl sites for hydroxylation is 1. The third-order valence-electron chi connectivity index (χ3n) is 21.5. The lowest BCUT2D eigenvalue weighted by Gasteiger charge is -2.18. The van der Waals surface area contributed by atoms with Crippen molar-refractivity contribution in [1.29, 1.82) is 0 Å². The zero-order chi connectivity index (χ0) is 87.9. The van der Waals surface area contributed by atoms with Crippen molar-refractivity contribution in [3.8, 4) is 23.0 Å². The second-order valence-corrected chi connectivity index (χ2v) is 35.6. The van der Waals surface area contributed by atoms with Crippen molar-refractivity contribution in [2.24, 2.45) is 0 Å². The van der Waals surface area contributed by atoms with Crippen molar-refractivity contribution in [3.63, 3.8) is 0 Å². The van der Waals surface area contributed by atoms with E-state index < -0.39 is 26.7 Å². The summed E-state index contributed by atoms with van der Waals surface area (Å²) >= 11 is 2.74. The van der Waals surface area contributed by atoms with Crippen LogP contribution in [0.1, 0.15) is 274 Å². The summed E-state index contributed by atoms with van der Waals surface area (Å²) in [6.45, 7) is 37.3. The molecule has 0 bridgehead atoms. The summed E-state index contributed by atoms with van der Waals surface area (Å²) in [5.41, 5.74) is 24.4. The third kappa shape index (κ3) is 43.1. The summed E-state index contributed by atoms with van der Waals surface area (Å²) in [6, 6.07) is 38.2. The number of hydrogen-bond donors (Lipinski definition) is 0. The van der Waals surface area contributed by atoms with Gasteiger partial charge < -0.3 is 18.9 Å². The topological polar surface area (TPSA) is 105 Å². The van der Waals surface area contributed by atoms with E-state index in [0.29, 0.717) is 11.3 Å². The highest BCUT2D eigenvalue weighted by molar-refractivity contribution is 9.09. The van der Waals surface area contributed by atoms with Crippen LogP contribution in [0.4, 0.5) is 0 Å². The first-order chi connectivity index (χ1) is 57.0. The van der Waals surface area contributed by atoms with Crippen LogP contribution in [0.5, 0.6) is 23.0 Å². The van der Waals surface area contributed by atoms with Gasteiger partial charge in [-0.1, -0.05) is 276 Å². The molecule has 0 spiro atoms. The van der Waals surface area contributed by atoms with E-state index in [2.05, 4.69) is 273 Å². The van der Waals surface area contributed by atoms with Gasteiger partial charge in [-0.2, -0.15) is 8.42 Å². The van der Waals surface area contributed by atoms with Crippen LogP contribution in [0, 0.1) is 6.92 Å². The van der Waals surface area contributed by atoms with Crippen LogP contribution in [-0.2, 0) is 40.7 Å². The maximum absolute atomic E-state index is 14.0. The summed E-state index contributed by atoms with van der Waals surface area (Å²) in [6.07, 6.45) is 58.4. The standard InChI is InChI=1S/C54H74O4S.C31H46.C23H29BrO2.O2S/c1-41(2)22-16-23-42(3)24-17-25-43(4)26-18-27-44(5)28-19-31-46(7)38-50(59(55,56)49-34-12-11-13-35-49)39-47(8)32-20-29-45(6)30-21-33-48-40-53(57-9)51-36-14-15-37-52(51)54(48)58-10;1-26(2)14-10-15-27(3)16-11-17-28(4)18-12-19-29(5)20-13-21-30(6)24-25-31-22-8-7-9-23-31;1-16(9-8-10-17(2)15-24)13-14-19-18(3)22(25-4)20-11-6-7-12-21(20)23(19)26-5;1-3-2/h11-15,22,24,26,28,30,32,34-38,40,50H,16-21,23,25,27,29,31,33,39H2,1-10H3;7-9,14,16,18,20,22-24H,10-13,15,17,19,21,25H2,1-6H3;6-7,10-13H,8-9,14-15H2,1-5H3;/b42-24+,43-26+,44-28+,45-30+,46-38+,47-32+;27-16+,28-18+,29-20+,30-24+;16-13+,17-10+;. The molecule has 0 radical (unpaired) electrons. The molecule has 0 N–H and O–H groups in total. The lowest BCUT2D eigenvalue weighted by Crippen LogP contribution is -2.20. The molecule has 119 heavy (non-hydrogen) atoms. The van der Waals surface area contributed by atoms with Crippen molar-refractivity contribution in [2.45, 2.75) is 288 Å². The molecule has 6 aromatic carbocycles. The van der Waals surface area contributed by atoms with E-state index in [9.17, 15) is 8.42 Å². The number of methoxy groups -OCH3 is 4.